The molecule has 0 aliphatic heterocycles. The molecular formula is C14H17N3O3. The van der Waals surface area contributed by atoms with Gasteiger partial charge in [0.2, 0.25) is 0 Å². The predicted molar refractivity (Wildman–Crippen MR) is 71.2 cm³/mol. The van der Waals surface area contributed by atoms with Crippen molar-refractivity contribution in [1.82, 2.24) is 15.1 Å². The van der Waals surface area contributed by atoms with Crippen molar-refractivity contribution in [2.45, 2.75) is 31.3 Å². The van der Waals surface area contributed by atoms with Crippen molar-refractivity contribution in [2.24, 2.45) is 0 Å². The van der Waals surface area contributed by atoms with Gasteiger partial charge in [-0.15, -0.1) is 0 Å². The zero-order valence-electron chi connectivity index (χ0n) is 11.1. The molecule has 0 unspecified atom stereocenters. The van der Waals surface area contributed by atoms with Gasteiger partial charge in [0.15, 0.2) is 5.76 Å². The maximum atomic E-state index is 12.1. The van der Waals surface area contributed by atoms with Gasteiger partial charge in [-0.3, -0.25) is 9.48 Å². The van der Waals surface area contributed by atoms with Crippen LogP contribution >= 0.6 is 0 Å². The first-order valence-corrected chi connectivity index (χ1v) is 6.70. The molecule has 106 valence electrons. The van der Waals surface area contributed by atoms with E-state index in [9.17, 15) is 9.90 Å². The van der Waals surface area contributed by atoms with Gasteiger partial charge in [-0.1, -0.05) is 0 Å². The molecule has 1 fully saturated rings. The molecule has 2 aromatic rings. The zero-order chi connectivity index (χ0) is 14.0. The lowest BCUT2D eigenvalue weighted by Gasteiger charge is -2.40. The SMILES string of the molecule is O=C(NC1(CO)CCC1)c1ccc(Cn2cccn2)o1. The van der Waals surface area contributed by atoms with E-state index in [1.165, 1.54) is 0 Å². The van der Waals surface area contributed by atoms with Crippen LogP contribution in [0.1, 0.15) is 35.6 Å². The van der Waals surface area contributed by atoms with Crippen molar-refractivity contribution < 1.29 is 14.3 Å². The molecule has 1 aliphatic rings. The van der Waals surface area contributed by atoms with Crippen molar-refractivity contribution in [3.8, 4) is 0 Å². The Bertz CT molecular complexity index is 579. The van der Waals surface area contributed by atoms with E-state index in [1.54, 1.807) is 23.0 Å². The summed E-state index contributed by atoms with van der Waals surface area (Å²) in [6.45, 7) is 0.463. The summed E-state index contributed by atoms with van der Waals surface area (Å²) in [5, 5.41) is 16.3. The van der Waals surface area contributed by atoms with Gasteiger partial charge >= 0.3 is 0 Å². The molecule has 2 heterocycles. The van der Waals surface area contributed by atoms with E-state index < -0.39 is 5.54 Å². The first-order chi connectivity index (χ1) is 9.71. The molecule has 0 radical (unpaired) electrons. The minimum absolute atomic E-state index is 0.0282. The van der Waals surface area contributed by atoms with Gasteiger partial charge in [0, 0.05) is 12.4 Å². The number of aromatic nitrogens is 2. The molecule has 6 heteroatoms. The molecule has 1 saturated carbocycles. The number of nitrogens with one attached hydrogen (secondary N) is 1. The average Bonchev–Trinajstić information content (AvgIpc) is 3.05. The molecule has 0 bridgehead atoms. The Morgan fingerprint density at radius 3 is 2.95 bits per heavy atom. The first-order valence-electron chi connectivity index (χ1n) is 6.70. The Morgan fingerprint density at radius 1 is 1.50 bits per heavy atom. The molecule has 6 nitrogen and oxygen atoms in total. The van der Waals surface area contributed by atoms with Gasteiger partial charge in [0.25, 0.3) is 5.91 Å². The topological polar surface area (TPSA) is 80.3 Å². The van der Waals surface area contributed by atoms with Crippen LogP contribution in [0.3, 0.4) is 0 Å². The van der Waals surface area contributed by atoms with Gasteiger partial charge in [-0.25, -0.2) is 0 Å². The van der Waals surface area contributed by atoms with Crippen LogP contribution in [-0.2, 0) is 6.54 Å². The summed E-state index contributed by atoms with van der Waals surface area (Å²) >= 11 is 0. The maximum Gasteiger partial charge on any atom is 0.287 e. The third-order valence-electron chi connectivity index (χ3n) is 3.75. The summed E-state index contributed by atoms with van der Waals surface area (Å²) in [5.41, 5.74) is -0.452. The fraction of sp³-hybridized carbons (Fsp3) is 0.429. The van der Waals surface area contributed by atoms with Gasteiger partial charge < -0.3 is 14.8 Å². The smallest absolute Gasteiger partial charge is 0.287 e. The van der Waals surface area contributed by atoms with Crippen LogP contribution in [0.2, 0.25) is 0 Å². The second kappa shape index (κ2) is 5.13. The molecule has 0 atom stereocenters. The Morgan fingerprint density at radius 2 is 2.35 bits per heavy atom. The van der Waals surface area contributed by atoms with Crippen LogP contribution in [-0.4, -0.2) is 32.9 Å². The van der Waals surface area contributed by atoms with Crippen LogP contribution in [0.25, 0.3) is 0 Å². The summed E-state index contributed by atoms with van der Waals surface area (Å²) in [4.78, 5) is 12.1. The predicted octanol–water partition coefficient (Wildman–Crippen LogP) is 1.17. The number of amides is 1. The van der Waals surface area contributed by atoms with Crippen molar-refractivity contribution in [2.75, 3.05) is 6.61 Å². The second-order valence-electron chi connectivity index (χ2n) is 5.22. The molecule has 0 spiro atoms. The van der Waals surface area contributed by atoms with Crippen molar-refractivity contribution in [1.29, 1.82) is 0 Å². The molecule has 2 aromatic heterocycles. The van der Waals surface area contributed by atoms with Crippen LogP contribution in [0.15, 0.2) is 35.0 Å². The van der Waals surface area contributed by atoms with Gasteiger partial charge in [-0.2, -0.15) is 5.10 Å². The first kappa shape index (κ1) is 12.9. The summed E-state index contributed by atoms with van der Waals surface area (Å²) in [7, 11) is 0. The minimum atomic E-state index is -0.452. The van der Waals surface area contributed by atoms with E-state index >= 15 is 0 Å². The third-order valence-corrected chi connectivity index (χ3v) is 3.75. The van der Waals surface area contributed by atoms with Gasteiger partial charge in [0.1, 0.15) is 5.76 Å². The van der Waals surface area contributed by atoms with Gasteiger partial charge in [0.05, 0.1) is 18.7 Å². The zero-order valence-corrected chi connectivity index (χ0v) is 11.1. The van der Waals surface area contributed by atoms with Crippen molar-refractivity contribution >= 4 is 5.91 Å². The number of furan rings is 1. The van der Waals surface area contributed by atoms with Crippen LogP contribution < -0.4 is 5.32 Å². The second-order valence-corrected chi connectivity index (χ2v) is 5.22. The number of nitrogens with zero attached hydrogens (tertiary/aromatic N) is 2. The number of carbonyl (C=O) groups is 1. The minimum Gasteiger partial charge on any atom is -0.454 e. The van der Waals surface area contributed by atoms with Crippen molar-refractivity contribution in [3.05, 3.63) is 42.1 Å². The highest BCUT2D eigenvalue weighted by atomic mass is 16.4. The number of rotatable bonds is 5. The highest BCUT2D eigenvalue weighted by molar-refractivity contribution is 5.92. The van der Waals surface area contributed by atoms with E-state index in [0.29, 0.717) is 12.3 Å². The Labute approximate surface area is 116 Å². The number of hydrogen-bond donors (Lipinski definition) is 2. The van der Waals surface area contributed by atoms with E-state index in [-0.39, 0.29) is 18.3 Å². The van der Waals surface area contributed by atoms with Crippen LogP contribution in [0.4, 0.5) is 0 Å². The Hall–Kier alpha value is -2.08. The quantitative estimate of drug-likeness (QED) is 0.858. The molecule has 1 amide bonds. The number of hydrogen-bond acceptors (Lipinski definition) is 4. The summed E-state index contributed by atoms with van der Waals surface area (Å²) in [6.07, 6.45) is 6.19. The van der Waals surface area contributed by atoms with E-state index in [4.69, 9.17) is 4.42 Å². The Kier molecular flexibility index (Phi) is 3.31. The molecule has 0 saturated heterocycles. The van der Waals surface area contributed by atoms with Crippen LogP contribution in [0.5, 0.6) is 0 Å². The molecule has 1 aliphatic carbocycles. The third kappa shape index (κ3) is 2.46. The fourth-order valence-corrected chi connectivity index (χ4v) is 2.37. The monoisotopic (exact) mass is 275 g/mol. The number of carbonyl (C=O) groups excluding carboxylic acids is 1. The summed E-state index contributed by atoms with van der Waals surface area (Å²) < 4.78 is 7.25. The largest absolute Gasteiger partial charge is 0.454 e. The lowest BCUT2D eigenvalue weighted by Crippen LogP contribution is -2.56. The molecule has 20 heavy (non-hydrogen) atoms. The Balaban J connectivity index is 1.65. The van der Waals surface area contributed by atoms with E-state index in [1.807, 2.05) is 12.3 Å². The highest BCUT2D eigenvalue weighted by Gasteiger charge is 2.38. The fourth-order valence-electron chi connectivity index (χ4n) is 2.37. The van der Waals surface area contributed by atoms with E-state index in [2.05, 4.69) is 10.4 Å². The number of aliphatic hydroxyl groups excluding tert-OH is 1. The van der Waals surface area contributed by atoms with Crippen molar-refractivity contribution in [3.63, 3.8) is 0 Å². The summed E-state index contributed by atoms with van der Waals surface area (Å²) in [5.74, 6) is 0.669. The summed E-state index contributed by atoms with van der Waals surface area (Å²) in [6, 6.07) is 5.25. The lowest BCUT2D eigenvalue weighted by molar-refractivity contribution is 0.0618. The highest BCUT2D eigenvalue weighted by Crippen LogP contribution is 2.31. The lowest BCUT2D eigenvalue weighted by atomic mass is 9.77. The van der Waals surface area contributed by atoms with E-state index in [0.717, 1.165) is 19.3 Å². The normalized spacial score (nSPS) is 16.6. The van der Waals surface area contributed by atoms with Gasteiger partial charge in [-0.05, 0) is 37.5 Å². The molecule has 0 aromatic carbocycles. The average molecular weight is 275 g/mol. The standard InChI is InChI=1S/C14H17N3O3/c18-10-14(5-1-6-14)16-13(19)12-4-3-11(20-12)9-17-8-2-7-15-17/h2-4,7-8,18H,1,5-6,9-10H2,(H,16,19). The molecule has 2 N–H and O–H groups in total. The maximum absolute atomic E-state index is 12.1. The number of aliphatic hydroxyl groups is 1. The van der Waals surface area contributed by atoms with Crippen LogP contribution in [0, 0.1) is 0 Å². The molecule has 3 rings (SSSR count). The molecular weight excluding hydrogens is 258 g/mol.